The average Bonchev–Trinajstić information content (AvgIpc) is 3.48. The van der Waals surface area contributed by atoms with Gasteiger partial charge in [-0.25, -0.2) is 4.98 Å². The molecule has 3 fully saturated rings. The molecule has 2 bridgehead atoms. The summed E-state index contributed by atoms with van der Waals surface area (Å²) in [4.78, 5) is 17.2. The molecule has 0 radical (unpaired) electrons. The number of thiophene rings is 1. The summed E-state index contributed by atoms with van der Waals surface area (Å²) in [6, 6.07) is 7.94. The molecular formula is C26H35N9OS. The Balaban J connectivity index is 1.24. The van der Waals surface area contributed by atoms with E-state index >= 15 is 0 Å². The summed E-state index contributed by atoms with van der Waals surface area (Å²) in [5.74, 6) is 2.22. The number of piperidine rings is 2. The van der Waals surface area contributed by atoms with Gasteiger partial charge in [0.15, 0.2) is 5.82 Å². The number of morpholine rings is 1. The van der Waals surface area contributed by atoms with Gasteiger partial charge < -0.3 is 15.4 Å². The van der Waals surface area contributed by atoms with Crippen LogP contribution in [0.25, 0.3) is 10.2 Å². The van der Waals surface area contributed by atoms with Crippen LogP contribution in [0.4, 0.5) is 17.6 Å². The zero-order valence-corrected chi connectivity index (χ0v) is 22.2. The van der Waals surface area contributed by atoms with Crippen molar-refractivity contribution in [1.29, 1.82) is 5.26 Å². The minimum atomic E-state index is 0.333. The van der Waals surface area contributed by atoms with E-state index in [-0.39, 0.29) is 0 Å². The van der Waals surface area contributed by atoms with Gasteiger partial charge in [-0.3, -0.25) is 14.9 Å². The number of hydrogen-bond donors (Lipinski definition) is 3. The third kappa shape index (κ3) is 5.57. The maximum absolute atomic E-state index is 9.10. The topological polar surface area (TPSA) is 118 Å². The Morgan fingerprint density at radius 2 is 2.00 bits per heavy atom. The van der Waals surface area contributed by atoms with Crippen LogP contribution in [0.5, 0.6) is 0 Å². The number of aryl methyl sites for hydroxylation is 1. The van der Waals surface area contributed by atoms with Crippen LogP contribution in [0.3, 0.4) is 0 Å². The minimum Gasteiger partial charge on any atom is -0.379 e. The van der Waals surface area contributed by atoms with Gasteiger partial charge in [0.25, 0.3) is 0 Å². The number of nitrogens with zero attached hydrogens (tertiary/aromatic N) is 6. The van der Waals surface area contributed by atoms with Crippen LogP contribution < -0.4 is 10.6 Å². The molecule has 6 heterocycles. The molecule has 0 aliphatic carbocycles. The monoisotopic (exact) mass is 521 g/mol. The highest BCUT2D eigenvalue weighted by Gasteiger charge is 2.38. The van der Waals surface area contributed by atoms with Gasteiger partial charge in [-0.2, -0.15) is 15.3 Å². The molecule has 0 amide bonds. The maximum Gasteiger partial charge on any atom is 0.226 e. The summed E-state index contributed by atoms with van der Waals surface area (Å²) in [5, 5.41) is 24.6. The van der Waals surface area contributed by atoms with Gasteiger partial charge >= 0.3 is 0 Å². The van der Waals surface area contributed by atoms with E-state index in [4.69, 9.17) is 20.0 Å². The van der Waals surface area contributed by atoms with E-state index in [0.29, 0.717) is 30.5 Å². The summed E-state index contributed by atoms with van der Waals surface area (Å²) in [7, 11) is 0. The Bertz CT molecular complexity index is 1250. The van der Waals surface area contributed by atoms with Crippen LogP contribution in [0, 0.1) is 18.3 Å². The number of H-pyrrole nitrogens is 1. The first-order chi connectivity index (χ1) is 18.1. The predicted molar refractivity (Wildman–Crippen MR) is 145 cm³/mol. The van der Waals surface area contributed by atoms with Crippen molar-refractivity contribution in [2.75, 3.05) is 43.5 Å². The molecule has 3 aliphatic rings. The Hall–Kier alpha value is -2.78. The lowest BCUT2D eigenvalue weighted by Gasteiger charge is -2.48. The lowest BCUT2D eigenvalue weighted by Crippen LogP contribution is -2.55. The van der Waals surface area contributed by atoms with E-state index in [1.807, 2.05) is 13.0 Å². The smallest absolute Gasteiger partial charge is 0.226 e. The molecule has 3 atom stereocenters. The molecule has 3 aliphatic heterocycles. The molecule has 3 aromatic rings. The molecule has 11 heteroatoms. The number of aromatic amines is 1. The van der Waals surface area contributed by atoms with E-state index in [1.165, 1.54) is 24.1 Å². The molecule has 1 unspecified atom stereocenters. The summed E-state index contributed by atoms with van der Waals surface area (Å²) in [6.07, 6.45) is 6.45. The first-order valence-corrected chi connectivity index (χ1v) is 14.2. The number of nitriles is 1. The van der Waals surface area contributed by atoms with Crippen molar-refractivity contribution >= 4 is 39.1 Å². The molecule has 3 N–H and O–H groups in total. The largest absolute Gasteiger partial charge is 0.379 e. The Morgan fingerprint density at radius 3 is 2.73 bits per heavy atom. The molecule has 6 rings (SSSR count). The maximum atomic E-state index is 9.10. The third-order valence-electron chi connectivity index (χ3n) is 7.82. The van der Waals surface area contributed by atoms with Crippen molar-refractivity contribution < 1.29 is 4.74 Å². The normalized spacial score (nSPS) is 24.7. The molecule has 196 valence electrons. The zero-order valence-electron chi connectivity index (χ0n) is 21.4. The van der Waals surface area contributed by atoms with Crippen molar-refractivity contribution in [3.63, 3.8) is 0 Å². The molecule has 37 heavy (non-hydrogen) atoms. The number of hydrogen-bond acceptors (Lipinski definition) is 10. The summed E-state index contributed by atoms with van der Waals surface area (Å²) < 4.78 is 5.52. The number of fused-ring (bicyclic) bond motifs is 3. The molecule has 10 nitrogen and oxygen atoms in total. The van der Waals surface area contributed by atoms with Crippen molar-refractivity contribution in [2.45, 2.75) is 70.1 Å². The quantitative estimate of drug-likeness (QED) is 0.404. The summed E-state index contributed by atoms with van der Waals surface area (Å²) in [5.41, 5.74) is 0.999. The van der Waals surface area contributed by atoms with Gasteiger partial charge in [-0.1, -0.05) is 6.42 Å². The molecule has 3 aromatic heterocycles. The Morgan fingerprint density at radius 1 is 1.19 bits per heavy atom. The van der Waals surface area contributed by atoms with E-state index < -0.39 is 0 Å². The molecular weight excluding hydrogens is 486 g/mol. The van der Waals surface area contributed by atoms with Crippen LogP contribution in [-0.2, 0) is 11.3 Å². The average molecular weight is 522 g/mol. The number of rotatable bonds is 8. The highest BCUT2D eigenvalue weighted by Crippen LogP contribution is 2.36. The lowest BCUT2D eigenvalue weighted by atomic mass is 9.81. The second-order valence-electron chi connectivity index (χ2n) is 10.5. The van der Waals surface area contributed by atoms with Crippen molar-refractivity contribution in [1.82, 2.24) is 30.0 Å². The highest BCUT2D eigenvalue weighted by atomic mass is 32.1. The first-order valence-electron chi connectivity index (χ1n) is 13.4. The van der Waals surface area contributed by atoms with Gasteiger partial charge in [-0.15, -0.1) is 11.3 Å². The third-order valence-corrected chi connectivity index (χ3v) is 8.83. The van der Waals surface area contributed by atoms with Crippen LogP contribution in [0.15, 0.2) is 12.1 Å². The van der Waals surface area contributed by atoms with E-state index in [9.17, 15) is 0 Å². The number of ether oxygens (including phenoxy) is 1. The number of aromatic nitrogens is 4. The lowest BCUT2D eigenvalue weighted by molar-refractivity contribution is 0.0346. The summed E-state index contributed by atoms with van der Waals surface area (Å²) in [6.45, 7) is 7.28. The Labute approximate surface area is 221 Å². The van der Waals surface area contributed by atoms with Crippen LogP contribution in [0.1, 0.15) is 49.1 Å². The van der Waals surface area contributed by atoms with E-state index in [2.05, 4.69) is 42.8 Å². The molecule has 3 saturated heterocycles. The fraction of sp³-hybridized carbons (Fsp3) is 0.615. The fourth-order valence-electron chi connectivity index (χ4n) is 6.12. The van der Waals surface area contributed by atoms with Crippen LogP contribution in [0.2, 0.25) is 0 Å². The van der Waals surface area contributed by atoms with Gasteiger partial charge in [0.05, 0.1) is 24.7 Å². The van der Waals surface area contributed by atoms with Crippen LogP contribution >= 0.6 is 11.3 Å². The summed E-state index contributed by atoms with van der Waals surface area (Å²) >= 11 is 1.74. The van der Waals surface area contributed by atoms with Crippen molar-refractivity contribution in [3.8, 4) is 6.07 Å². The predicted octanol–water partition coefficient (Wildman–Crippen LogP) is 4.01. The van der Waals surface area contributed by atoms with E-state index in [0.717, 1.165) is 79.8 Å². The van der Waals surface area contributed by atoms with E-state index in [1.54, 1.807) is 11.3 Å². The molecule has 0 aromatic carbocycles. The SMILES string of the molecule is Cc1cc(Nc2nc(NC3C[C@H]4CCC[C@@H](C3)N4CCC#N)nc3sc(CN4CCOCC4)cc23)n[nH]1. The number of anilines is 3. The molecule has 0 saturated carbocycles. The second-order valence-corrected chi connectivity index (χ2v) is 11.6. The standard InChI is InChI=1S/C26H35N9OS/c1-17-12-23(33-32-17)29-24-22-15-21(16-34-8-10-36-11-9-34)37-25(22)31-26(30-24)28-18-13-19-4-2-5-20(14-18)35(19)7-3-6-27/h12,15,18-20H,2-5,7-11,13-14,16H2,1H3,(H3,28,29,30,31,32,33)/t18?,19-,20+. The van der Waals surface area contributed by atoms with Gasteiger partial charge in [0.1, 0.15) is 10.6 Å². The van der Waals surface area contributed by atoms with Crippen molar-refractivity contribution in [3.05, 3.63) is 22.7 Å². The highest BCUT2D eigenvalue weighted by molar-refractivity contribution is 7.18. The van der Waals surface area contributed by atoms with Gasteiger partial charge in [-0.05, 0) is 38.7 Å². The fourth-order valence-corrected chi connectivity index (χ4v) is 7.19. The van der Waals surface area contributed by atoms with Gasteiger partial charge in [0.2, 0.25) is 5.95 Å². The second kappa shape index (κ2) is 10.9. The zero-order chi connectivity index (χ0) is 25.2. The number of nitrogens with one attached hydrogen (secondary N) is 3. The Kier molecular flexibility index (Phi) is 7.24. The van der Waals surface area contributed by atoms with Gasteiger partial charge in [0, 0.05) is 67.4 Å². The first kappa shape index (κ1) is 24.6. The van der Waals surface area contributed by atoms with Crippen molar-refractivity contribution in [2.24, 2.45) is 0 Å². The minimum absolute atomic E-state index is 0.333. The molecule has 0 spiro atoms. The van der Waals surface area contributed by atoms with Crippen LogP contribution in [-0.4, -0.2) is 80.9 Å².